The highest BCUT2D eigenvalue weighted by atomic mass is 16.3. The Bertz CT molecular complexity index is 233. The molecule has 86 valence electrons. The van der Waals surface area contributed by atoms with E-state index in [9.17, 15) is 9.90 Å². The van der Waals surface area contributed by atoms with Crippen LogP contribution in [0.4, 0.5) is 0 Å². The molecule has 0 spiro atoms. The van der Waals surface area contributed by atoms with Crippen molar-refractivity contribution in [1.29, 1.82) is 0 Å². The zero-order valence-electron chi connectivity index (χ0n) is 9.04. The first-order valence-electron chi connectivity index (χ1n) is 5.92. The molecule has 4 heteroatoms. The van der Waals surface area contributed by atoms with Crippen LogP contribution in [0.15, 0.2) is 0 Å². The lowest BCUT2D eigenvalue weighted by Gasteiger charge is -2.14. The van der Waals surface area contributed by atoms with Gasteiger partial charge in [0, 0.05) is 19.0 Å². The highest BCUT2D eigenvalue weighted by Crippen LogP contribution is 2.24. The van der Waals surface area contributed by atoms with E-state index in [0.29, 0.717) is 18.4 Å². The van der Waals surface area contributed by atoms with Crippen LogP contribution in [0.2, 0.25) is 0 Å². The normalized spacial score (nSPS) is 35.8. The van der Waals surface area contributed by atoms with Crippen LogP contribution in [-0.4, -0.2) is 36.2 Å². The van der Waals surface area contributed by atoms with E-state index in [1.807, 2.05) is 0 Å². The van der Waals surface area contributed by atoms with Gasteiger partial charge in [0.2, 0.25) is 5.91 Å². The van der Waals surface area contributed by atoms with E-state index in [1.165, 1.54) is 0 Å². The maximum atomic E-state index is 10.9. The second-order valence-corrected chi connectivity index (χ2v) is 4.79. The maximum Gasteiger partial charge on any atom is 0.220 e. The van der Waals surface area contributed by atoms with Crippen LogP contribution in [0.5, 0.6) is 0 Å². The maximum absolute atomic E-state index is 10.9. The Labute approximate surface area is 90.4 Å². The molecule has 1 aliphatic carbocycles. The van der Waals surface area contributed by atoms with Gasteiger partial charge < -0.3 is 15.7 Å². The molecule has 1 aliphatic heterocycles. The quantitative estimate of drug-likeness (QED) is 0.615. The van der Waals surface area contributed by atoms with Gasteiger partial charge >= 0.3 is 0 Å². The molecule has 15 heavy (non-hydrogen) atoms. The second-order valence-electron chi connectivity index (χ2n) is 4.79. The van der Waals surface area contributed by atoms with Gasteiger partial charge in [0.15, 0.2) is 0 Å². The Balaban J connectivity index is 1.57. The fourth-order valence-corrected chi connectivity index (χ4v) is 2.53. The Kier molecular flexibility index (Phi) is 3.59. The van der Waals surface area contributed by atoms with Gasteiger partial charge in [-0.25, -0.2) is 0 Å². The van der Waals surface area contributed by atoms with Crippen LogP contribution in [0.3, 0.4) is 0 Å². The molecule has 4 nitrogen and oxygen atoms in total. The van der Waals surface area contributed by atoms with E-state index in [0.717, 1.165) is 38.8 Å². The van der Waals surface area contributed by atoms with Crippen molar-refractivity contribution in [3.8, 4) is 0 Å². The van der Waals surface area contributed by atoms with Crippen LogP contribution >= 0.6 is 0 Å². The summed E-state index contributed by atoms with van der Waals surface area (Å²) in [5.41, 5.74) is 0. The molecule has 1 heterocycles. The lowest BCUT2D eigenvalue weighted by atomic mass is 10.1. The summed E-state index contributed by atoms with van der Waals surface area (Å²) in [5, 5.41) is 15.7. The van der Waals surface area contributed by atoms with E-state index < -0.39 is 0 Å². The third kappa shape index (κ3) is 3.18. The summed E-state index contributed by atoms with van der Waals surface area (Å²) in [6.07, 6.45) is 4.57. The smallest absolute Gasteiger partial charge is 0.220 e. The van der Waals surface area contributed by atoms with E-state index in [-0.39, 0.29) is 12.0 Å². The number of nitrogens with one attached hydrogen (secondary N) is 2. The summed E-state index contributed by atoms with van der Waals surface area (Å²) in [4.78, 5) is 10.9. The van der Waals surface area contributed by atoms with E-state index in [1.54, 1.807) is 0 Å². The SMILES string of the molecule is O=C1CCC(CNCC2CCC(O)C2)N1. The number of carbonyl (C=O) groups excluding carboxylic acids is 1. The van der Waals surface area contributed by atoms with Crippen molar-refractivity contribution < 1.29 is 9.90 Å². The van der Waals surface area contributed by atoms with E-state index in [4.69, 9.17) is 0 Å². The number of hydrogen-bond donors (Lipinski definition) is 3. The van der Waals surface area contributed by atoms with Crippen molar-refractivity contribution in [3.05, 3.63) is 0 Å². The highest BCUT2D eigenvalue weighted by Gasteiger charge is 2.24. The van der Waals surface area contributed by atoms with Crippen molar-refractivity contribution in [1.82, 2.24) is 10.6 Å². The molecule has 0 aromatic rings. The predicted octanol–water partition coefficient (Wildman–Crippen LogP) is 0.0156. The lowest BCUT2D eigenvalue weighted by molar-refractivity contribution is -0.119. The van der Waals surface area contributed by atoms with Gasteiger partial charge in [-0.15, -0.1) is 0 Å². The predicted molar refractivity (Wildman–Crippen MR) is 57.4 cm³/mol. The molecule has 0 radical (unpaired) electrons. The minimum atomic E-state index is -0.0806. The van der Waals surface area contributed by atoms with Gasteiger partial charge in [-0.3, -0.25) is 4.79 Å². The minimum Gasteiger partial charge on any atom is -0.393 e. The first-order chi connectivity index (χ1) is 7.24. The van der Waals surface area contributed by atoms with Crippen LogP contribution in [-0.2, 0) is 4.79 Å². The Morgan fingerprint density at radius 1 is 1.33 bits per heavy atom. The molecule has 0 aromatic heterocycles. The minimum absolute atomic E-state index is 0.0806. The zero-order valence-corrected chi connectivity index (χ0v) is 9.04. The average Bonchev–Trinajstić information content (AvgIpc) is 2.76. The fourth-order valence-electron chi connectivity index (χ4n) is 2.53. The first kappa shape index (κ1) is 10.9. The molecular formula is C11H20N2O2. The Morgan fingerprint density at radius 3 is 2.80 bits per heavy atom. The van der Waals surface area contributed by atoms with Crippen molar-refractivity contribution in [2.24, 2.45) is 5.92 Å². The molecule has 3 atom stereocenters. The number of carbonyl (C=O) groups is 1. The van der Waals surface area contributed by atoms with E-state index in [2.05, 4.69) is 10.6 Å². The first-order valence-corrected chi connectivity index (χ1v) is 5.92. The van der Waals surface area contributed by atoms with Crippen LogP contribution in [0.1, 0.15) is 32.1 Å². The summed E-state index contributed by atoms with van der Waals surface area (Å²) >= 11 is 0. The van der Waals surface area contributed by atoms with Crippen LogP contribution < -0.4 is 10.6 Å². The molecule has 2 fully saturated rings. The molecule has 0 bridgehead atoms. The summed E-state index contributed by atoms with van der Waals surface area (Å²) in [5.74, 6) is 0.801. The monoisotopic (exact) mass is 212 g/mol. The molecule has 1 amide bonds. The molecule has 3 N–H and O–H groups in total. The van der Waals surface area contributed by atoms with Gasteiger partial charge in [0.05, 0.1) is 6.10 Å². The highest BCUT2D eigenvalue weighted by molar-refractivity contribution is 5.78. The summed E-state index contributed by atoms with van der Waals surface area (Å²) in [7, 11) is 0. The fraction of sp³-hybridized carbons (Fsp3) is 0.909. The standard InChI is InChI=1S/C11H20N2O2/c14-10-3-1-8(5-10)6-12-7-9-2-4-11(15)13-9/h8-10,12,14H,1-7H2,(H,13,15). The number of rotatable bonds is 4. The topological polar surface area (TPSA) is 61.4 Å². The zero-order chi connectivity index (χ0) is 10.7. The molecule has 1 saturated heterocycles. The van der Waals surface area contributed by atoms with Crippen molar-refractivity contribution in [2.75, 3.05) is 13.1 Å². The number of aliphatic hydroxyl groups excluding tert-OH is 1. The van der Waals surface area contributed by atoms with Gasteiger partial charge in [-0.05, 0) is 38.1 Å². The van der Waals surface area contributed by atoms with Crippen LogP contribution in [0, 0.1) is 5.92 Å². The summed E-state index contributed by atoms with van der Waals surface area (Å²) in [6, 6.07) is 0.323. The van der Waals surface area contributed by atoms with E-state index >= 15 is 0 Å². The molecule has 2 rings (SSSR count). The van der Waals surface area contributed by atoms with Crippen LogP contribution in [0.25, 0.3) is 0 Å². The van der Waals surface area contributed by atoms with Gasteiger partial charge in [0.1, 0.15) is 0 Å². The molecule has 1 saturated carbocycles. The average molecular weight is 212 g/mol. The summed E-state index contributed by atoms with van der Waals surface area (Å²) < 4.78 is 0. The molecule has 2 aliphatic rings. The van der Waals surface area contributed by atoms with Crippen molar-refractivity contribution in [3.63, 3.8) is 0 Å². The number of hydrogen-bond acceptors (Lipinski definition) is 3. The van der Waals surface area contributed by atoms with Gasteiger partial charge in [0.25, 0.3) is 0 Å². The largest absolute Gasteiger partial charge is 0.393 e. The molecule has 0 aromatic carbocycles. The Morgan fingerprint density at radius 2 is 2.20 bits per heavy atom. The molecule has 3 unspecified atom stereocenters. The van der Waals surface area contributed by atoms with Gasteiger partial charge in [-0.2, -0.15) is 0 Å². The van der Waals surface area contributed by atoms with Gasteiger partial charge in [-0.1, -0.05) is 0 Å². The number of amides is 1. The number of aliphatic hydroxyl groups is 1. The second kappa shape index (κ2) is 4.94. The lowest BCUT2D eigenvalue weighted by Crippen LogP contribution is -2.37. The Hall–Kier alpha value is -0.610. The third-order valence-electron chi connectivity index (χ3n) is 3.42. The third-order valence-corrected chi connectivity index (χ3v) is 3.42. The van der Waals surface area contributed by atoms with Crippen molar-refractivity contribution >= 4 is 5.91 Å². The molecular weight excluding hydrogens is 192 g/mol. The summed E-state index contributed by atoms with van der Waals surface area (Å²) in [6.45, 7) is 1.85. The van der Waals surface area contributed by atoms with Crippen molar-refractivity contribution in [2.45, 2.75) is 44.2 Å².